The van der Waals surface area contributed by atoms with E-state index in [2.05, 4.69) is 11.8 Å². The molecule has 0 bridgehead atoms. The van der Waals surface area contributed by atoms with Crippen LogP contribution >= 0.6 is 0 Å². The van der Waals surface area contributed by atoms with Gasteiger partial charge in [0.2, 0.25) is 0 Å². The molecule has 31 heavy (non-hydrogen) atoms. The van der Waals surface area contributed by atoms with Crippen LogP contribution in [0.25, 0.3) is 0 Å². The van der Waals surface area contributed by atoms with Crippen LogP contribution in [0.15, 0.2) is 22.8 Å². The van der Waals surface area contributed by atoms with Gasteiger partial charge in [0.25, 0.3) is 5.91 Å². The van der Waals surface area contributed by atoms with Crippen molar-refractivity contribution in [3.8, 4) is 0 Å². The second-order valence-electron chi connectivity index (χ2n) is 10.7. The Morgan fingerprint density at radius 3 is 2.74 bits per heavy atom. The minimum absolute atomic E-state index is 0.0166. The number of epoxide rings is 1. The monoisotopic (exact) mass is 428 g/mol. The molecule has 168 valence electrons. The van der Waals surface area contributed by atoms with Gasteiger partial charge in [-0.15, -0.1) is 0 Å². The van der Waals surface area contributed by atoms with Gasteiger partial charge in [-0.25, -0.2) is 0 Å². The van der Waals surface area contributed by atoms with Crippen LogP contribution in [0.4, 0.5) is 0 Å². The summed E-state index contributed by atoms with van der Waals surface area (Å²) in [7, 11) is 0. The maximum atomic E-state index is 12.9. The van der Waals surface area contributed by atoms with Gasteiger partial charge in [0.15, 0.2) is 5.76 Å². The van der Waals surface area contributed by atoms with Gasteiger partial charge >= 0.3 is 5.97 Å². The van der Waals surface area contributed by atoms with Crippen molar-refractivity contribution in [3.63, 3.8) is 0 Å². The summed E-state index contributed by atoms with van der Waals surface area (Å²) in [5, 5.41) is 0. The molecule has 6 rings (SSSR count). The first kappa shape index (κ1) is 19.8. The molecule has 2 saturated carbocycles. The van der Waals surface area contributed by atoms with E-state index in [0.29, 0.717) is 30.7 Å². The van der Waals surface area contributed by atoms with Crippen LogP contribution < -0.4 is 0 Å². The van der Waals surface area contributed by atoms with Gasteiger partial charge in [-0.2, -0.15) is 0 Å². The lowest BCUT2D eigenvalue weighted by Crippen LogP contribution is -2.53. The number of fused-ring (bicyclic) bond motifs is 3. The highest BCUT2D eigenvalue weighted by atomic mass is 16.6. The number of nitrogens with zero attached hydrogens (tertiary/aromatic N) is 2. The first-order valence-electron chi connectivity index (χ1n) is 11.9. The van der Waals surface area contributed by atoms with Crippen molar-refractivity contribution in [1.29, 1.82) is 0 Å². The van der Waals surface area contributed by atoms with Crippen molar-refractivity contribution >= 4 is 11.9 Å². The smallest absolute Gasteiger partial charge is 0.310 e. The Hall–Kier alpha value is -1.86. The Morgan fingerprint density at radius 1 is 1.23 bits per heavy atom. The molecule has 3 aliphatic heterocycles. The largest absolute Gasteiger partial charge is 0.462 e. The molecule has 1 aromatic heterocycles. The number of rotatable bonds is 3. The average molecular weight is 429 g/mol. The zero-order valence-corrected chi connectivity index (χ0v) is 18.3. The molecule has 2 aliphatic carbocycles. The van der Waals surface area contributed by atoms with E-state index in [1.807, 2.05) is 4.90 Å². The van der Waals surface area contributed by atoms with Crippen LogP contribution in [0, 0.1) is 23.2 Å². The fraction of sp³-hybridized carbons (Fsp3) is 0.750. The average Bonchev–Trinajstić information content (AvgIpc) is 3.19. The summed E-state index contributed by atoms with van der Waals surface area (Å²) in [4.78, 5) is 29.6. The molecule has 5 aliphatic rings. The number of carbonyl (C=O) groups excluding carboxylic acids is 2. The van der Waals surface area contributed by atoms with E-state index >= 15 is 0 Å². The van der Waals surface area contributed by atoms with Crippen molar-refractivity contribution in [2.75, 3.05) is 39.3 Å². The topological polar surface area (TPSA) is 75.5 Å². The third-order valence-corrected chi connectivity index (χ3v) is 8.93. The van der Waals surface area contributed by atoms with Gasteiger partial charge in [-0.05, 0) is 55.6 Å². The minimum Gasteiger partial charge on any atom is -0.462 e. The number of amides is 1. The van der Waals surface area contributed by atoms with E-state index in [-0.39, 0.29) is 34.9 Å². The molecule has 3 saturated heterocycles. The number of piperazine rings is 1. The third kappa shape index (κ3) is 3.23. The number of hydrogen-bond donors (Lipinski definition) is 0. The molecule has 6 atom stereocenters. The summed E-state index contributed by atoms with van der Waals surface area (Å²) in [5.41, 5.74) is 0.328. The van der Waals surface area contributed by atoms with Gasteiger partial charge in [-0.3, -0.25) is 14.5 Å². The van der Waals surface area contributed by atoms with Crippen molar-refractivity contribution in [1.82, 2.24) is 9.80 Å². The van der Waals surface area contributed by atoms with Crippen LogP contribution in [0.2, 0.25) is 0 Å². The molecule has 0 aromatic carbocycles. The van der Waals surface area contributed by atoms with Crippen molar-refractivity contribution in [2.24, 2.45) is 23.2 Å². The van der Waals surface area contributed by atoms with Crippen LogP contribution in [0.5, 0.6) is 0 Å². The zero-order valence-electron chi connectivity index (χ0n) is 18.3. The SMILES string of the molecule is C[C@]12CCC[C@]3(CO3)[C@H]1C[C@H]1[C@H](CN3CCN(C(=O)c4ccco4)CC3)C(=O)O[C@@H]1C2. The lowest BCUT2D eigenvalue weighted by Gasteiger charge is -2.51. The number of hydrogen-bond acceptors (Lipinski definition) is 6. The molecular weight excluding hydrogens is 396 g/mol. The second kappa shape index (κ2) is 7.07. The molecule has 4 heterocycles. The molecule has 1 aromatic rings. The molecule has 1 amide bonds. The van der Waals surface area contributed by atoms with E-state index in [1.165, 1.54) is 25.5 Å². The fourth-order valence-electron chi connectivity index (χ4n) is 7.13. The van der Waals surface area contributed by atoms with Crippen LogP contribution in [0.3, 0.4) is 0 Å². The predicted molar refractivity (Wildman–Crippen MR) is 111 cm³/mol. The summed E-state index contributed by atoms with van der Waals surface area (Å²) in [6.45, 7) is 6.91. The highest BCUT2D eigenvalue weighted by Crippen LogP contribution is 2.62. The van der Waals surface area contributed by atoms with Crippen LogP contribution in [-0.2, 0) is 14.3 Å². The minimum atomic E-state index is -0.0559. The van der Waals surface area contributed by atoms with Gasteiger partial charge < -0.3 is 18.8 Å². The summed E-state index contributed by atoms with van der Waals surface area (Å²) in [5.74, 6) is 1.12. The van der Waals surface area contributed by atoms with Gasteiger partial charge in [-0.1, -0.05) is 6.92 Å². The molecule has 5 fully saturated rings. The molecule has 7 nitrogen and oxygen atoms in total. The number of esters is 1. The van der Waals surface area contributed by atoms with Gasteiger partial charge in [0.05, 0.1) is 24.4 Å². The highest BCUT2D eigenvalue weighted by molar-refractivity contribution is 5.91. The predicted octanol–water partition coefficient (Wildman–Crippen LogP) is 2.56. The number of furan rings is 1. The molecule has 7 heteroatoms. The first-order valence-corrected chi connectivity index (χ1v) is 11.9. The maximum Gasteiger partial charge on any atom is 0.310 e. The summed E-state index contributed by atoms with van der Waals surface area (Å²) < 4.78 is 17.2. The Labute approximate surface area is 183 Å². The second-order valence-corrected chi connectivity index (χ2v) is 10.7. The van der Waals surface area contributed by atoms with Crippen molar-refractivity contribution in [3.05, 3.63) is 24.2 Å². The van der Waals surface area contributed by atoms with Gasteiger partial charge in [0, 0.05) is 38.6 Å². The number of ether oxygens (including phenoxy) is 2. The normalized spacial score (nSPS) is 42.2. The number of carbonyl (C=O) groups is 2. The molecule has 0 radical (unpaired) electrons. The molecule has 0 N–H and O–H groups in total. The fourth-order valence-corrected chi connectivity index (χ4v) is 7.13. The molecule has 1 spiro atoms. The summed E-state index contributed by atoms with van der Waals surface area (Å²) in [6, 6.07) is 3.45. The van der Waals surface area contributed by atoms with E-state index in [1.54, 1.807) is 12.1 Å². The first-order chi connectivity index (χ1) is 15.0. The summed E-state index contributed by atoms with van der Waals surface area (Å²) >= 11 is 0. The Kier molecular flexibility index (Phi) is 4.52. The van der Waals surface area contributed by atoms with Crippen LogP contribution in [0.1, 0.15) is 49.6 Å². The standard InChI is InChI=1S/C24H32N2O5/c1-23-5-3-6-24(15-30-24)20(23)12-16-17(22(28)31-19(16)13-23)14-25-7-9-26(10-8-25)21(27)18-4-2-11-29-18/h2,4,11,16-17,19-20H,3,5-10,12-15H2,1H3/t16-,17-,19+,20-,23+,24-/m0/s1. The molecular formula is C24H32N2O5. The third-order valence-electron chi connectivity index (χ3n) is 8.93. The van der Waals surface area contributed by atoms with E-state index < -0.39 is 0 Å². The molecule has 0 unspecified atom stereocenters. The quantitative estimate of drug-likeness (QED) is 0.544. The lowest BCUT2D eigenvalue weighted by molar-refractivity contribution is -0.147. The van der Waals surface area contributed by atoms with E-state index in [4.69, 9.17) is 13.9 Å². The highest BCUT2D eigenvalue weighted by Gasteiger charge is 2.65. The van der Waals surface area contributed by atoms with Crippen molar-refractivity contribution in [2.45, 2.75) is 50.7 Å². The Balaban J connectivity index is 1.11. The van der Waals surface area contributed by atoms with E-state index in [9.17, 15) is 9.59 Å². The Bertz CT molecular complexity index is 857. The maximum absolute atomic E-state index is 12.9. The van der Waals surface area contributed by atoms with Crippen LogP contribution in [-0.4, -0.2) is 72.7 Å². The summed E-state index contributed by atoms with van der Waals surface area (Å²) in [6.07, 6.45) is 7.26. The zero-order chi connectivity index (χ0) is 21.2. The lowest BCUT2D eigenvalue weighted by atomic mass is 9.53. The Morgan fingerprint density at radius 2 is 2.03 bits per heavy atom. The van der Waals surface area contributed by atoms with Crippen molar-refractivity contribution < 1.29 is 23.5 Å². The van der Waals surface area contributed by atoms with Gasteiger partial charge in [0.1, 0.15) is 6.10 Å². The van der Waals surface area contributed by atoms with E-state index in [0.717, 1.165) is 39.1 Å².